The quantitative estimate of drug-likeness (QED) is 0.827. The van der Waals surface area contributed by atoms with E-state index in [1.165, 1.54) is 0 Å². The van der Waals surface area contributed by atoms with E-state index in [0.717, 1.165) is 69.6 Å². The van der Waals surface area contributed by atoms with Gasteiger partial charge in [-0.15, -0.1) is 0 Å². The number of piperazine rings is 1. The molecule has 1 aromatic heterocycles. The average Bonchev–Trinajstić information content (AvgIpc) is 2.55. The van der Waals surface area contributed by atoms with E-state index in [2.05, 4.69) is 32.0 Å². The molecule has 24 heavy (non-hydrogen) atoms. The molecular formula is C17H29N5O2. The Labute approximate surface area is 144 Å². The Morgan fingerprint density at radius 2 is 1.92 bits per heavy atom. The lowest BCUT2D eigenvalue weighted by Crippen LogP contribution is -2.53. The predicted molar refractivity (Wildman–Crippen MR) is 94.6 cm³/mol. The molecule has 0 unspecified atom stereocenters. The van der Waals surface area contributed by atoms with Gasteiger partial charge >= 0.3 is 0 Å². The third-order valence-electron chi connectivity index (χ3n) is 4.80. The van der Waals surface area contributed by atoms with Gasteiger partial charge in [-0.1, -0.05) is 0 Å². The predicted octanol–water partition coefficient (Wildman–Crippen LogP) is 0.880. The highest BCUT2D eigenvalue weighted by Crippen LogP contribution is 2.23. The normalized spacial score (nSPS) is 21.7. The molecule has 1 aromatic rings. The summed E-state index contributed by atoms with van der Waals surface area (Å²) in [5, 5.41) is 13.9. The van der Waals surface area contributed by atoms with E-state index in [9.17, 15) is 5.11 Å². The maximum absolute atomic E-state index is 10.7. The van der Waals surface area contributed by atoms with E-state index in [1.54, 1.807) is 0 Å². The second-order valence-electron chi connectivity index (χ2n) is 6.82. The summed E-state index contributed by atoms with van der Waals surface area (Å²) in [7, 11) is 0. The first-order valence-electron chi connectivity index (χ1n) is 8.95. The third kappa shape index (κ3) is 4.34. The lowest BCUT2D eigenvalue weighted by atomic mass is 9.93. The topological polar surface area (TPSA) is 73.8 Å². The molecule has 3 heterocycles. The molecule has 0 bridgehead atoms. The molecule has 0 amide bonds. The minimum Gasteiger partial charge on any atom is -0.388 e. The molecule has 0 spiro atoms. The van der Waals surface area contributed by atoms with Gasteiger partial charge in [-0.2, -0.15) is 4.98 Å². The Hall–Kier alpha value is -1.44. The van der Waals surface area contributed by atoms with Crippen molar-refractivity contribution >= 4 is 11.8 Å². The molecule has 134 valence electrons. The molecule has 0 aromatic carbocycles. The number of aliphatic hydroxyl groups is 1. The number of anilines is 2. The van der Waals surface area contributed by atoms with Gasteiger partial charge in [-0.25, -0.2) is 4.98 Å². The van der Waals surface area contributed by atoms with Crippen LogP contribution in [0.2, 0.25) is 0 Å². The van der Waals surface area contributed by atoms with Crippen molar-refractivity contribution in [2.45, 2.75) is 32.3 Å². The van der Waals surface area contributed by atoms with Crippen LogP contribution in [0.3, 0.4) is 0 Å². The summed E-state index contributed by atoms with van der Waals surface area (Å²) in [6, 6.07) is 1.98. The molecule has 3 rings (SSSR count). The molecule has 0 radical (unpaired) electrons. The zero-order valence-corrected chi connectivity index (χ0v) is 14.8. The van der Waals surface area contributed by atoms with Gasteiger partial charge in [0, 0.05) is 77.1 Å². The summed E-state index contributed by atoms with van der Waals surface area (Å²) in [6.07, 6.45) is 1.47. The Balaban J connectivity index is 1.57. The van der Waals surface area contributed by atoms with Gasteiger partial charge in [0.2, 0.25) is 5.95 Å². The van der Waals surface area contributed by atoms with Crippen LogP contribution in [0.5, 0.6) is 0 Å². The summed E-state index contributed by atoms with van der Waals surface area (Å²) in [6.45, 7) is 10.6. The highest BCUT2D eigenvalue weighted by atomic mass is 16.5. The highest BCUT2D eigenvalue weighted by Gasteiger charge is 2.33. The van der Waals surface area contributed by atoms with Gasteiger partial charge in [0.05, 0.1) is 5.60 Å². The largest absolute Gasteiger partial charge is 0.388 e. The van der Waals surface area contributed by atoms with Crippen molar-refractivity contribution < 1.29 is 9.84 Å². The average molecular weight is 335 g/mol. The SMILES string of the molecule is CCNc1cc(C)nc(N2CCN(CC3(O)CCOCC3)CC2)n1. The fourth-order valence-electron chi connectivity index (χ4n) is 3.40. The van der Waals surface area contributed by atoms with Gasteiger partial charge < -0.3 is 20.1 Å². The van der Waals surface area contributed by atoms with Crippen LogP contribution in [-0.4, -0.2) is 78.1 Å². The van der Waals surface area contributed by atoms with E-state index < -0.39 is 5.60 Å². The third-order valence-corrected chi connectivity index (χ3v) is 4.80. The second kappa shape index (κ2) is 7.63. The van der Waals surface area contributed by atoms with Crippen LogP contribution < -0.4 is 10.2 Å². The number of nitrogens with zero attached hydrogens (tertiary/aromatic N) is 4. The summed E-state index contributed by atoms with van der Waals surface area (Å²) >= 11 is 0. The Morgan fingerprint density at radius 1 is 1.21 bits per heavy atom. The Morgan fingerprint density at radius 3 is 2.58 bits per heavy atom. The maximum atomic E-state index is 10.7. The number of hydrogen-bond acceptors (Lipinski definition) is 7. The number of hydrogen-bond donors (Lipinski definition) is 2. The van der Waals surface area contributed by atoms with Crippen LogP contribution in [0.15, 0.2) is 6.07 Å². The molecule has 2 aliphatic rings. The van der Waals surface area contributed by atoms with E-state index in [4.69, 9.17) is 4.74 Å². The van der Waals surface area contributed by atoms with Crippen LogP contribution in [0.25, 0.3) is 0 Å². The minimum atomic E-state index is -0.585. The molecule has 0 aliphatic carbocycles. The van der Waals surface area contributed by atoms with Gasteiger partial charge in [0.1, 0.15) is 5.82 Å². The van der Waals surface area contributed by atoms with Crippen LogP contribution in [0.4, 0.5) is 11.8 Å². The van der Waals surface area contributed by atoms with Gasteiger partial charge in [-0.3, -0.25) is 4.90 Å². The summed E-state index contributed by atoms with van der Waals surface area (Å²) < 4.78 is 5.36. The first-order chi connectivity index (χ1) is 11.6. The standard InChI is InChI=1S/C17H29N5O2/c1-3-18-15-12-14(2)19-16(20-15)22-8-6-21(7-9-22)13-17(23)4-10-24-11-5-17/h12,23H,3-11,13H2,1-2H3,(H,18,19,20). The fourth-order valence-corrected chi connectivity index (χ4v) is 3.40. The maximum Gasteiger partial charge on any atom is 0.227 e. The Bertz CT molecular complexity index is 540. The van der Waals surface area contributed by atoms with Crippen molar-refractivity contribution in [2.75, 3.05) is 62.7 Å². The second-order valence-corrected chi connectivity index (χ2v) is 6.82. The number of ether oxygens (including phenoxy) is 1. The number of β-amino-alcohol motifs (C(OH)–C–C–N with tert-alkyl or cyclic N) is 1. The summed E-state index contributed by atoms with van der Waals surface area (Å²) in [5.74, 6) is 1.69. The summed E-state index contributed by atoms with van der Waals surface area (Å²) in [5.41, 5.74) is 0.397. The van der Waals surface area contributed by atoms with Gasteiger partial charge in [0.15, 0.2) is 0 Å². The van der Waals surface area contributed by atoms with Crippen molar-refractivity contribution in [1.29, 1.82) is 0 Å². The lowest BCUT2D eigenvalue weighted by molar-refractivity contribution is -0.0802. The van der Waals surface area contributed by atoms with Crippen molar-refractivity contribution in [3.8, 4) is 0 Å². The van der Waals surface area contributed by atoms with Gasteiger partial charge in [0.25, 0.3) is 0 Å². The zero-order chi connectivity index (χ0) is 17.0. The number of rotatable bonds is 5. The van der Waals surface area contributed by atoms with Crippen molar-refractivity contribution in [3.63, 3.8) is 0 Å². The first-order valence-corrected chi connectivity index (χ1v) is 8.95. The molecule has 2 N–H and O–H groups in total. The molecule has 7 nitrogen and oxygen atoms in total. The molecule has 0 atom stereocenters. The molecule has 2 fully saturated rings. The number of nitrogens with one attached hydrogen (secondary N) is 1. The monoisotopic (exact) mass is 335 g/mol. The molecule has 2 aliphatic heterocycles. The van der Waals surface area contributed by atoms with Crippen LogP contribution in [0, 0.1) is 6.92 Å². The lowest BCUT2D eigenvalue weighted by Gasteiger charge is -2.40. The van der Waals surface area contributed by atoms with E-state index in [0.29, 0.717) is 13.2 Å². The highest BCUT2D eigenvalue weighted by molar-refractivity contribution is 5.43. The fraction of sp³-hybridized carbons (Fsp3) is 0.765. The van der Waals surface area contributed by atoms with Crippen LogP contribution >= 0.6 is 0 Å². The van der Waals surface area contributed by atoms with E-state index in [1.807, 2.05) is 13.0 Å². The molecule has 2 saturated heterocycles. The molecule has 7 heteroatoms. The first kappa shape index (κ1) is 17.4. The molecule has 0 saturated carbocycles. The number of aryl methyl sites for hydroxylation is 1. The molecular weight excluding hydrogens is 306 g/mol. The zero-order valence-electron chi connectivity index (χ0n) is 14.8. The van der Waals surface area contributed by atoms with Crippen LogP contribution in [-0.2, 0) is 4.74 Å². The smallest absolute Gasteiger partial charge is 0.227 e. The Kier molecular flexibility index (Phi) is 5.53. The minimum absolute atomic E-state index is 0.585. The van der Waals surface area contributed by atoms with Crippen LogP contribution in [0.1, 0.15) is 25.5 Å². The van der Waals surface area contributed by atoms with E-state index >= 15 is 0 Å². The summed E-state index contributed by atoms with van der Waals surface area (Å²) in [4.78, 5) is 13.8. The van der Waals surface area contributed by atoms with Crippen molar-refractivity contribution in [1.82, 2.24) is 14.9 Å². The van der Waals surface area contributed by atoms with Crippen molar-refractivity contribution in [3.05, 3.63) is 11.8 Å². The number of aromatic nitrogens is 2. The van der Waals surface area contributed by atoms with Crippen molar-refractivity contribution in [2.24, 2.45) is 0 Å². The van der Waals surface area contributed by atoms with E-state index in [-0.39, 0.29) is 0 Å². The van der Waals surface area contributed by atoms with Gasteiger partial charge in [-0.05, 0) is 13.8 Å².